The van der Waals surface area contributed by atoms with Crippen LogP contribution in [0.1, 0.15) is 102 Å². The number of carbonyl (C=O) groups excluding carboxylic acids is 3. The maximum Gasteiger partial charge on any atom is 0.201 e. The van der Waals surface area contributed by atoms with Gasteiger partial charge >= 0.3 is 0 Å². The highest BCUT2D eigenvalue weighted by molar-refractivity contribution is 6.31. The van der Waals surface area contributed by atoms with E-state index in [4.69, 9.17) is 28.7 Å². The van der Waals surface area contributed by atoms with Crippen molar-refractivity contribution in [3.63, 3.8) is 0 Å². The summed E-state index contributed by atoms with van der Waals surface area (Å²) in [4.78, 5) is 51.8. The molecule has 266 valence electrons. The topological polar surface area (TPSA) is 159 Å². The third-order valence-corrected chi connectivity index (χ3v) is 12.1. The minimum Gasteiger partial charge on any atom is -0.507 e. The van der Waals surface area contributed by atoms with E-state index < -0.39 is 52.5 Å². The number of hydrogen-bond acceptors (Lipinski definition) is 12. The molecule has 1 spiro atoms. The molecule has 1 saturated carbocycles. The zero-order chi connectivity index (χ0) is 35.2. The van der Waals surface area contributed by atoms with Crippen molar-refractivity contribution in [1.29, 1.82) is 0 Å². The molecule has 0 radical (unpaired) electrons. The Labute approximate surface area is 286 Å². The number of unbranched alkanes of at least 4 members (excludes halogenated alkanes) is 1. The summed E-state index contributed by atoms with van der Waals surface area (Å²) in [7, 11) is 0. The van der Waals surface area contributed by atoms with Crippen molar-refractivity contribution in [3.05, 3.63) is 39.8 Å². The van der Waals surface area contributed by atoms with Gasteiger partial charge in [-0.1, -0.05) is 13.8 Å². The largest absolute Gasteiger partial charge is 0.507 e. The maximum absolute atomic E-state index is 14.0. The van der Waals surface area contributed by atoms with Gasteiger partial charge in [-0.3, -0.25) is 14.4 Å². The molecule has 1 unspecified atom stereocenters. The number of phenols is 2. The van der Waals surface area contributed by atoms with E-state index in [1.54, 1.807) is 13.8 Å². The number of allylic oxidation sites excluding steroid dienone is 4. The predicted molar refractivity (Wildman–Crippen MR) is 173 cm³/mol. The number of ether oxygens (including phenoxy) is 4. The normalized spacial score (nSPS) is 38.6. The molecule has 8 rings (SSSR count). The fourth-order valence-electron chi connectivity index (χ4n) is 9.22. The first-order valence-electron chi connectivity index (χ1n) is 17.5. The van der Waals surface area contributed by atoms with E-state index in [2.05, 4.69) is 19.2 Å². The van der Waals surface area contributed by atoms with Crippen molar-refractivity contribution in [3.8, 4) is 17.2 Å². The van der Waals surface area contributed by atoms with Crippen LogP contribution in [0.2, 0.25) is 0 Å². The molecular weight excluding hydrogens is 634 g/mol. The molecule has 2 aliphatic carbocycles. The number of aromatic hydroxyl groups is 2. The molecule has 12 nitrogen and oxygen atoms in total. The monoisotopic (exact) mass is 681 g/mol. The van der Waals surface area contributed by atoms with Crippen molar-refractivity contribution in [2.75, 3.05) is 13.2 Å². The molecule has 9 atom stereocenters. The maximum atomic E-state index is 14.0. The van der Waals surface area contributed by atoms with Gasteiger partial charge in [-0.2, -0.15) is 0 Å². The van der Waals surface area contributed by atoms with Crippen molar-refractivity contribution in [2.45, 2.75) is 116 Å². The van der Waals surface area contributed by atoms with Crippen LogP contribution >= 0.6 is 0 Å². The van der Waals surface area contributed by atoms with Crippen molar-refractivity contribution in [2.24, 2.45) is 23.7 Å². The van der Waals surface area contributed by atoms with Crippen LogP contribution in [0.4, 0.5) is 0 Å². The molecule has 5 heterocycles. The van der Waals surface area contributed by atoms with E-state index in [1.165, 1.54) is 19.9 Å². The zero-order valence-electron chi connectivity index (χ0n) is 29.3. The smallest absolute Gasteiger partial charge is 0.201 e. The van der Waals surface area contributed by atoms with Gasteiger partial charge in [0.1, 0.15) is 34.0 Å². The summed E-state index contributed by atoms with van der Waals surface area (Å²) in [5.74, 6) is -2.27. The molecule has 2 bridgehead atoms. The van der Waals surface area contributed by atoms with Crippen molar-refractivity contribution in [1.82, 2.24) is 5.32 Å². The Hall–Kier alpha value is -3.29. The first-order valence-corrected chi connectivity index (χ1v) is 17.5. The fourth-order valence-corrected chi connectivity index (χ4v) is 9.22. The van der Waals surface area contributed by atoms with Gasteiger partial charge in [0, 0.05) is 48.7 Å². The molecule has 4 saturated heterocycles. The lowest BCUT2D eigenvalue weighted by Gasteiger charge is -2.60. The summed E-state index contributed by atoms with van der Waals surface area (Å²) >= 11 is 0. The number of carbonyl (C=O) groups is 3. The Bertz CT molecular complexity index is 1680. The van der Waals surface area contributed by atoms with E-state index in [-0.39, 0.29) is 57.3 Å². The third kappa shape index (κ3) is 4.92. The number of hydrogen-bond donors (Lipinski definition) is 3. The molecule has 0 amide bonds. The predicted octanol–water partition coefficient (Wildman–Crippen LogP) is 5.16. The van der Waals surface area contributed by atoms with Crippen LogP contribution < -0.4 is 10.1 Å². The highest BCUT2D eigenvalue weighted by Crippen LogP contribution is 2.61. The van der Waals surface area contributed by atoms with Gasteiger partial charge < -0.3 is 34.5 Å². The summed E-state index contributed by atoms with van der Waals surface area (Å²) in [6.45, 7) is 13.2. The minimum atomic E-state index is -1.55. The highest BCUT2D eigenvalue weighted by Gasteiger charge is 2.69. The van der Waals surface area contributed by atoms with Gasteiger partial charge in [0.15, 0.2) is 35.5 Å². The molecule has 1 aromatic carbocycles. The SMILES string of the molecule is CC(=O)c1c(O)c(C)c(O)c2c1OC1=CC(=O)/C(=C(/C)NCCCCO[C@H]3O[C@@H]4O[C@]5(C)CCC6[C@H](C)CC[C@@H]([C@H]3C)[C@]64OO5)C(=O)[C@@]12C. The number of rotatable bonds is 8. The lowest BCUT2D eigenvalue weighted by molar-refractivity contribution is -0.577. The molecule has 5 aliphatic heterocycles. The van der Waals surface area contributed by atoms with Gasteiger partial charge in [-0.15, -0.1) is 0 Å². The van der Waals surface area contributed by atoms with Crippen LogP contribution in [0.3, 0.4) is 0 Å². The van der Waals surface area contributed by atoms with Gasteiger partial charge in [0.25, 0.3) is 0 Å². The van der Waals surface area contributed by atoms with E-state index in [0.717, 1.165) is 25.7 Å². The lowest BCUT2D eigenvalue weighted by Crippen LogP contribution is -2.70. The van der Waals surface area contributed by atoms with E-state index in [0.29, 0.717) is 37.6 Å². The molecule has 5 fully saturated rings. The Morgan fingerprint density at radius 3 is 2.53 bits per heavy atom. The van der Waals surface area contributed by atoms with Gasteiger partial charge in [-0.25, -0.2) is 9.78 Å². The lowest BCUT2D eigenvalue weighted by atomic mass is 9.58. The molecule has 12 heteroatoms. The second-order valence-electron chi connectivity index (χ2n) is 15.2. The second kappa shape index (κ2) is 11.9. The summed E-state index contributed by atoms with van der Waals surface area (Å²) in [5.41, 5.74) is -1.86. The van der Waals surface area contributed by atoms with Crippen LogP contribution in [0.15, 0.2) is 23.1 Å². The highest BCUT2D eigenvalue weighted by atomic mass is 17.3. The number of fused-ring (bicyclic) bond motifs is 5. The van der Waals surface area contributed by atoms with Crippen LogP contribution in [-0.2, 0) is 39.0 Å². The standard InChI is InChI=1S/C37H47NO11/c1-17-10-11-23-18(2)33(46-34-37(23)22(17)12-13-35(6,47-34)48-49-37)44-15-9-8-14-38-20(4)26-24(40)16-25-36(7,32(26)43)28-30(42)19(3)29(41)27(21(5)39)31(28)45-25/h16-18,22-23,33-34,38,41-42H,8-15H2,1-7H3/b26-20+/t17-,18-,22?,23+,33+,34-,35+,36+,37-/m1/s1. The van der Waals surface area contributed by atoms with E-state index in [9.17, 15) is 24.6 Å². The molecule has 1 aromatic rings. The second-order valence-corrected chi connectivity index (χ2v) is 15.2. The summed E-state index contributed by atoms with van der Waals surface area (Å²) < 4.78 is 25.1. The number of phenolic OH excluding ortho intramolecular Hbond substituents is 2. The number of ketones is 3. The molecular formula is C37H47NO11. The zero-order valence-corrected chi connectivity index (χ0v) is 29.3. The number of benzene rings is 1. The minimum absolute atomic E-state index is 0.00705. The van der Waals surface area contributed by atoms with E-state index in [1.807, 2.05) is 6.92 Å². The average molecular weight is 682 g/mol. The quantitative estimate of drug-likeness (QED) is 0.109. The summed E-state index contributed by atoms with van der Waals surface area (Å²) in [5, 5.41) is 24.8. The Kier molecular flexibility index (Phi) is 8.30. The molecule has 3 N–H and O–H groups in total. The summed E-state index contributed by atoms with van der Waals surface area (Å²) in [6.07, 6.45) is 5.44. The number of Topliss-reactive ketones (excluding diaryl/α,β-unsaturated/α-hetero) is 2. The first-order chi connectivity index (χ1) is 23.2. The van der Waals surface area contributed by atoms with Crippen LogP contribution in [0.5, 0.6) is 17.2 Å². The molecule has 7 aliphatic rings. The molecule has 49 heavy (non-hydrogen) atoms. The van der Waals surface area contributed by atoms with Gasteiger partial charge in [0.05, 0.1) is 11.1 Å². The first kappa shape index (κ1) is 34.2. The third-order valence-electron chi connectivity index (χ3n) is 12.1. The molecule has 0 aromatic heterocycles. The van der Waals surface area contributed by atoms with Crippen molar-refractivity contribution >= 4 is 17.3 Å². The Morgan fingerprint density at radius 2 is 1.80 bits per heavy atom. The Morgan fingerprint density at radius 1 is 1.04 bits per heavy atom. The Balaban J connectivity index is 0.993. The number of nitrogens with one attached hydrogen (secondary N) is 1. The van der Waals surface area contributed by atoms with Gasteiger partial charge in [0.2, 0.25) is 5.79 Å². The van der Waals surface area contributed by atoms with Crippen LogP contribution in [0.25, 0.3) is 0 Å². The van der Waals surface area contributed by atoms with Crippen molar-refractivity contribution < 1.29 is 53.3 Å². The van der Waals surface area contributed by atoms with Gasteiger partial charge in [-0.05, 0) is 78.6 Å². The average Bonchev–Trinajstić information content (AvgIpc) is 3.16. The van der Waals surface area contributed by atoms with E-state index >= 15 is 0 Å². The van der Waals surface area contributed by atoms with Crippen LogP contribution in [0, 0.1) is 30.6 Å². The summed E-state index contributed by atoms with van der Waals surface area (Å²) in [6, 6.07) is 0. The fraction of sp³-hybridized carbons (Fsp3) is 0.649. The van der Waals surface area contributed by atoms with Crippen LogP contribution in [-0.4, -0.2) is 64.7 Å².